The number of aromatic nitrogens is 1. The van der Waals surface area contributed by atoms with Crippen LogP contribution in [0.1, 0.15) is 5.48 Å². The van der Waals surface area contributed by atoms with E-state index in [0.29, 0.717) is 16.9 Å². The Kier molecular flexibility index (Phi) is 7.47. The molecule has 2 heteroatoms. The lowest BCUT2D eigenvalue weighted by atomic mass is 9.98. The Labute approximate surface area is 333 Å². The summed E-state index contributed by atoms with van der Waals surface area (Å²) in [6, 6.07) is 69.0. The van der Waals surface area contributed by atoms with E-state index in [1.165, 1.54) is 0 Å². The minimum absolute atomic E-state index is 0.0986. The van der Waals surface area contributed by atoms with Gasteiger partial charge in [-0.05, 0) is 117 Å². The molecule has 0 spiro atoms. The van der Waals surface area contributed by atoms with Crippen molar-refractivity contribution < 1.29 is 5.48 Å². The van der Waals surface area contributed by atoms with Gasteiger partial charge in [0.15, 0.2) is 0 Å². The summed E-state index contributed by atoms with van der Waals surface area (Å²) in [5.74, 6) is 0. The summed E-state index contributed by atoms with van der Waals surface area (Å²) in [6.07, 6.45) is 0. The molecule has 0 saturated heterocycles. The van der Waals surface area contributed by atoms with E-state index >= 15 is 0 Å². The van der Waals surface area contributed by atoms with Crippen molar-refractivity contribution in [2.24, 2.45) is 0 Å². The van der Waals surface area contributed by atoms with E-state index in [1.807, 2.05) is 120 Å². The van der Waals surface area contributed by atoms with E-state index in [-0.39, 0.29) is 35.4 Å². The highest BCUT2D eigenvalue weighted by atomic mass is 15.1. The predicted molar refractivity (Wildman–Crippen MR) is 237 cm³/mol. The number of benzene rings is 9. The molecule has 1 heterocycles. The molecule has 0 radical (unpaired) electrons. The number of anilines is 3. The number of hydrogen-bond donors (Lipinski definition) is 0. The molecule has 0 bridgehead atoms. The molecule has 1 aromatic heterocycles. The Balaban J connectivity index is 1.13. The number of hydrogen-bond acceptors (Lipinski definition) is 1. The zero-order chi connectivity index (χ0) is 40.7. The Morgan fingerprint density at radius 3 is 1.52 bits per heavy atom. The zero-order valence-corrected chi connectivity index (χ0v) is 30.5. The molecule has 0 atom stereocenters. The molecular formula is C54H38N2. The van der Waals surface area contributed by atoms with Crippen LogP contribution in [0, 0.1) is 0 Å². The molecule has 10 rings (SSSR count). The highest BCUT2D eigenvalue weighted by Gasteiger charge is 2.17. The van der Waals surface area contributed by atoms with Crippen molar-refractivity contribution in [3.8, 4) is 50.2 Å². The van der Waals surface area contributed by atoms with E-state index in [9.17, 15) is 5.48 Å². The topological polar surface area (TPSA) is 8.17 Å². The highest BCUT2D eigenvalue weighted by molar-refractivity contribution is 6.10. The van der Waals surface area contributed by atoms with Crippen LogP contribution in [-0.4, -0.2) is 4.57 Å². The molecule has 0 amide bonds. The number of nitrogens with zero attached hydrogens (tertiary/aromatic N) is 2. The van der Waals surface area contributed by atoms with Gasteiger partial charge in [0, 0.05) is 33.5 Å². The summed E-state index contributed by atoms with van der Waals surface area (Å²) in [6.45, 7) is 0. The van der Waals surface area contributed by atoms with Gasteiger partial charge in [0.25, 0.3) is 0 Å². The molecule has 2 nitrogen and oxygen atoms in total. The maximum Gasteiger partial charge on any atom is 0.0645 e. The summed E-state index contributed by atoms with van der Waals surface area (Å²) in [5, 5.41) is 2.30. The molecule has 56 heavy (non-hydrogen) atoms. The Bertz CT molecular complexity index is 3150. The van der Waals surface area contributed by atoms with Crippen LogP contribution in [0.3, 0.4) is 0 Å². The average Bonchev–Trinajstić information content (AvgIpc) is 3.65. The fraction of sp³-hybridized carbons (Fsp3) is 0. The number of rotatable bonds is 8. The summed E-state index contributed by atoms with van der Waals surface area (Å²) in [7, 11) is 0. The summed E-state index contributed by atoms with van der Waals surface area (Å²) in [5.41, 5.74) is 11.9. The zero-order valence-electron chi connectivity index (χ0n) is 34.5. The molecule has 0 fully saturated rings. The van der Waals surface area contributed by atoms with Crippen molar-refractivity contribution in [2.75, 3.05) is 4.90 Å². The van der Waals surface area contributed by atoms with Gasteiger partial charge in [0.2, 0.25) is 0 Å². The second kappa shape index (κ2) is 14.4. The van der Waals surface area contributed by atoms with Gasteiger partial charge in [-0.1, -0.05) is 158 Å². The highest BCUT2D eigenvalue weighted by Crippen LogP contribution is 2.40. The third kappa shape index (κ3) is 6.24. The minimum Gasteiger partial charge on any atom is -0.310 e. The van der Waals surface area contributed by atoms with E-state index < -0.39 is 0 Å². The fourth-order valence-electron chi connectivity index (χ4n) is 7.72. The molecule has 0 unspecified atom stereocenters. The van der Waals surface area contributed by atoms with Crippen LogP contribution in [-0.2, 0) is 0 Å². The standard InChI is InChI=1S/C54H38N2/c1-4-14-39(15-5-1)41-26-31-48(32-27-41)55(49-33-28-42(29-34-49)44-19-12-18-43(36-44)40-16-6-2-7-17-40)50-23-13-20-45(37-50)46-30-35-54-52(38-46)51-24-10-11-25-53(51)56(54)47-21-8-3-9-22-47/h1-38H/i28D,29D,33D,34D. The van der Waals surface area contributed by atoms with Crippen LogP contribution < -0.4 is 4.90 Å². The molecule has 0 N–H and O–H groups in total. The number of fused-ring (bicyclic) bond motifs is 3. The second-order valence-corrected chi connectivity index (χ2v) is 13.9. The lowest BCUT2D eigenvalue weighted by Gasteiger charge is -2.26. The van der Waals surface area contributed by atoms with Crippen LogP contribution >= 0.6 is 0 Å². The first-order chi connectivity index (χ1) is 29.4. The minimum atomic E-state index is -0.121. The lowest BCUT2D eigenvalue weighted by Crippen LogP contribution is -2.10. The Morgan fingerprint density at radius 2 is 0.804 bits per heavy atom. The fourth-order valence-corrected chi connectivity index (χ4v) is 7.72. The normalized spacial score (nSPS) is 12.2. The van der Waals surface area contributed by atoms with Crippen molar-refractivity contribution in [1.29, 1.82) is 0 Å². The van der Waals surface area contributed by atoms with Gasteiger partial charge in [-0.3, -0.25) is 0 Å². The summed E-state index contributed by atoms with van der Waals surface area (Å²) >= 11 is 0. The third-order valence-electron chi connectivity index (χ3n) is 10.5. The largest absolute Gasteiger partial charge is 0.310 e. The molecule has 9 aromatic carbocycles. The van der Waals surface area contributed by atoms with Crippen LogP contribution in [0.25, 0.3) is 72.0 Å². The molecular weight excluding hydrogens is 677 g/mol. The quantitative estimate of drug-likeness (QED) is 0.152. The summed E-state index contributed by atoms with van der Waals surface area (Å²) < 4.78 is 40.3. The molecule has 0 aliphatic carbocycles. The Morgan fingerprint density at radius 1 is 0.304 bits per heavy atom. The van der Waals surface area contributed by atoms with Gasteiger partial charge >= 0.3 is 0 Å². The van der Waals surface area contributed by atoms with Gasteiger partial charge in [-0.15, -0.1) is 0 Å². The molecule has 264 valence electrons. The van der Waals surface area contributed by atoms with Crippen LogP contribution in [0.15, 0.2) is 230 Å². The van der Waals surface area contributed by atoms with Gasteiger partial charge in [0.1, 0.15) is 0 Å². The van der Waals surface area contributed by atoms with Crippen molar-refractivity contribution >= 4 is 38.9 Å². The van der Waals surface area contributed by atoms with Crippen LogP contribution in [0.5, 0.6) is 0 Å². The third-order valence-corrected chi connectivity index (χ3v) is 10.5. The first-order valence-corrected chi connectivity index (χ1v) is 18.9. The molecule has 0 aliphatic rings. The van der Waals surface area contributed by atoms with Gasteiger partial charge in [-0.2, -0.15) is 0 Å². The average molecular weight is 719 g/mol. The second-order valence-electron chi connectivity index (χ2n) is 13.9. The van der Waals surface area contributed by atoms with Gasteiger partial charge < -0.3 is 9.47 Å². The van der Waals surface area contributed by atoms with Crippen molar-refractivity contribution in [3.05, 3.63) is 230 Å². The molecule has 0 aliphatic heterocycles. The summed E-state index contributed by atoms with van der Waals surface area (Å²) in [4.78, 5) is 1.86. The first-order valence-electron chi connectivity index (χ1n) is 20.9. The van der Waals surface area contributed by atoms with E-state index in [2.05, 4.69) is 95.6 Å². The SMILES string of the molecule is [2H]c1c([2H])c(N(c2ccc(-c3ccccc3)cc2)c2cccc(-c3ccc4c(c3)c3ccccc3n4-c3ccccc3)c2)c([2H])c([2H])c1-c1cccc(-c2ccccc2)c1. The van der Waals surface area contributed by atoms with Gasteiger partial charge in [0.05, 0.1) is 16.5 Å². The van der Waals surface area contributed by atoms with Crippen molar-refractivity contribution in [2.45, 2.75) is 0 Å². The maximum atomic E-state index is 9.57. The molecule has 0 saturated carbocycles. The van der Waals surface area contributed by atoms with E-state index in [0.717, 1.165) is 60.9 Å². The first kappa shape index (κ1) is 29.0. The van der Waals surface area contributed by atoms with Crippen molar-refractivity contribution in [1.82, 2.24) is 4.57 Å². The molecule has 10 aromatic rings. The van der Waals surface area contributed by atoms with Gasteiger partial charge in [-0.25, -0.2) is 0 Å². The predicted octanol–water partition coefficient (Wildman–Crippen LogP) is 14.9. The van der Waals surface area contributed by atoms with Crippen molar-refractivity contribution in [3.63, 3.8) is 0 Å². The van der Waals surface area contributed by atoms with Crippen LogP contribution in [0.4, 0.5) is 17.1 Å². The number of para-hydroxylation sites is 2. The lowest BCUT2D eigenvalue weighted by molar-refractivity contribution is 1.18. The van der Waals surface area contributed by atoms with Crippen LogP contribution in [0.2, 0.25) is 0 Å². The monoisotopic (exact) mass is 718 g/mol. The smallest absolute Gasteiger partial charge is 0.0645 e. The Hall–Kier alpha value is -7.42. The van der Waals surface area contributed by atoms with E-state index in [1.54, 1.807) is 0 Å². The van der Waals surface area contributed by atoms with E-state index in [4.69, 9.17) is 0 Å². The maximum absolute atomic E-state index is 9.57.